The second-order valence-electron chi connectivity index (χ2n) is 4.05. The molecule has 2 N–H and O–H groups in total. The Balaban J connectivity index is 2.79. The lowest BCUT2D eigenvalue weighted by Crippen LogP contribution is -2.30. The summed E-state index contributed by atoms with van der Waals surface area (Å²) in [7, 11) is 0. The molecule has 1 aromatic rings. The van der Waals surface area contributed by atoms with E-state index < -0.39 is 6.10 Å². The van der Waals surface area contributed by atoms with Gasteiger partial charge in [-0.1, -0.05) is 30.7 Å². The zero-order valence-corrected chi connectivity index (χ0v) is 10.1. The first-order chi connectivity index (χ1) is 7.56. The topological polar surface area (TPSA) is 49.3 Å². The van der Waals surface area contributed by atoms with Crippen LogP contribution in [0.25, 0.3) is 0 Å². The normalized spacial score (nSPS) is 12.2. The summed E-state index contributed by atoms with van der Waals surface area (Å²) in [5.74, 6) is -0.325. The van der Waals surface area contributed by atoms with Crippen molar-refractivity contribution in [3.8, 4) is 0 Å². The van der Waals surface area contributed by atoms with Gasteiger partial charge in [-0.3, -0.25) is 4.79 Å². The lowest BCUT2D eigenvalue weighted by molar-refractivity contribution is -0.129. The number of hydrogen-bond acceptors (Lipinski definition) is 2. The van der Waals surface area contributed by atoms with Crippen LogP contribution in [0.5, 0.6) is 0 Å². The molecule has 3 heteroatoms. The van der Waals surface area contributed by atoms with Crippen LogP contribution in [0.2, 0.25) is 0 Å². The van der Waals surface area contributed by atoms with Crippen molar-refractivity contribution in [3.05, 3.63) is 34.9 Å². The lowest BCUT2D eigenvalue weighted by Gasteiger charge is -2.14. The first kappa shape index (κ1) is 12.7. The van der Waals surface area contributed by atoms with Gasteiger partial charge >= 0.3 is 0 Å². The van der Waals surface area contributed by atoms with Crippen molar-refractivity contribution >= 4 is 5.91 Å². The van der Waals surface area contributed by atoms with E-state index in [0.29, 0.717) is 12.1 Å². The second kappa shape index (κ2) is 5.66. The molecule has 0 aromatic heterocycles. The fraction of sp³-hybridized carbons (Fsp3) is 0.462. The Morgan fingerprint density at radius 3 is 2.69 bits per heavy atom. The van der Waals surface area contributed by atoms with Crippen LogP contribution in [0.15, 0.2) is 18.2 Å². The van der Waals surface area contributed by atoms with Gasteiger partial charge in [0.25, 0.3) is 5.91 Å². The number of carbonyl (C=O) groups is 1. The Bertz CT molecular complexity index is 374. The molecule has 3 nitrogen and oxygen atoms in total. The Hall–Kier alpha value is -1.35. The average molecular weight is 221 g/mol. The molecule has 0 heterocycles. The molecule has 0 spiro atoms. The maximum Gasteiger partial charge on any atom is 0.253 e. The van der Waals surface area contributed by atoms with Gasteiger partial charge in [-0.25, -0.2) is 0 Å². The number of rotatable bonds is 4. The van der Waals surface area contributed by atoms with Crippen LogP contribution >= 0.6 is 0 Å². The molecule has 1 atom stereocenters. The van der Waals surface area contributed by atoms with E-state index in [9.17, 15) is 9.90 Å². The largest absolute Gasteiger partial charge is 0.378 e. The number of aryl methyl sites for hydroxylation is 2. The molecule has 16 heavy (non-hydrogen) atoms. The summed E-state index contributed by atoms with van der Waals surface area (Å²) < 4.78 is 0. The minimum absolute atomic E-state index is 0.325. The van der Waals surface area contributed by atoms with Crippen LogP contribution in [-0.4, -0.2) is 17.6 Å². The van der Waals surface area contributed by atoms with Crippen molar-refractivity contribution in [1.29, 1.82) is 0 Å². The molecular weight excluding hydrogens is 202 g/mol. The highest BCUT2D eigenvalue weighted by molar-refractivity contribution is 5.82. The van der Waals surface area contributed by atoms with E-state index in [0.717, 1.165) is 17.5 Å². The van der Waals surface area contributed by atoms with E-state index in [-0.39, 0.29) is 5.91 Å². The SMILES string of the molecule is CCCNC(=O)C(O)c1ccc(C)cc1C. The molecule has 88 valence electrons. The van der Waals surface area contributed by atoms with Gasteiger partial charge in [-0.15, -0.1) is 0 Å². The fourth-order valence-corrected chi connectivity index (χ4v) is 1.62. The maximum atomic E-state index is 11.6. The average Bonchev–Trinajstić information content (AvgIpc) is 2.25. The molecule has 0 radical (unpaired) electrons. The van der Waals surface area contributed by atoms with Crippen molar-refractivity contribution in [2.75, 3.05) is 6.54 Å². The first-order valence-electron chi connectivity index (χ1n) is 5.59. The summed E-state index contributed by atoms with van der Waals surface area (Å²) >= 11 is 0. The Morgan fingerprint density at radius 1 is 1.44 bits per heavy atom. The summed E-state index contributed by atoms with van der Waals surface area (Å²) in [6.07, 6.45) is -0.196. The van der Waals surface area contributed by atoms with Crippen molar-refractivity contribution in [2.45, 2.75) is 33.3 Å². The first-order valence-corrected chi connectivity index (χ1v) is 5.59. The Labute approximate surface area is 96.5 Å². The third-order valence-electron chi connectivity index (χ3n) is 2.52. The molecule has 1 aromatic carbocycles. The number of amides is 1. The zero-order valence-electron chi connectivity index (χ0n) is 10.1. The molecule has 1 amide bonds. The molecule has 0 aliphatic heterocycles. The van der Waals surface area contributed by atoms with Gasteiger partial charge in [-0.05, 0) is 31.4 Å². The summed E-state index contributed by atoms with van der Waals surface area (Å²) in [5.41, 5.74) is 2.75. The highest BCUT2D eigenvalue weighted by Gasteiger charge is 2.18. The Kier molecular flexibility index (Phi) is 4.50. The number of aliphatic hydroxyl groups excluding tert-OH is 1. The number of hydrogen-bond donors (Lipinski definition) is 2. The quantitative estimate of drug-likeness (QED) is 0.815. The number of benzene rings is 1. The van der Waals surface area contributed by atoms with E-state index >= 15 is 0 Å². The van der Waals surface area contributed by atoms with Gasteiger partial charge in [0.05, 0.1) is 0 Å². The predicted molar refractivity (Wildman–Crippen MR) is 64.2 cm³/mol. The van der Waals surface area contributed by atoms with E-state index in [2.05, 4.69) is 5.32 Å². The number of carbonyl (C=O) groups excluding carboxylic acids is 1. The van der Waals surface area contributed by atoms with E-state index in [1.807, 2.05) is 32.9 Å². The van der Waals surface area contributed by atoms with Gasteiger partial charge < -0.3 is 10.4 Å². The summed E-state index contributed by atoms with van der Waals surface area (Å²) in [6.45, 7) is 6.46. The standard InChI is InChI=1S/C13H19NO2/c1-4-7-14-13(16)12(15)11-6-5-9(2)8-10(11)3/h5-6,8,12,15H,4,7H2,1-3H3,(H,14,16). The summed E-state index contributed by atoms with van der Waals surface area (Å²) in [6, 6.07) is 5.67. The maximum absolute atomic E-state index is 11.6. The molecule has 0 saturated carbocycles. The molecule has 0 saturated heterocycles. The van der Waals surface area contributed by atoms with Crippen molar-refractivity contribution in [1.82, 2.24) is 5.32 Å². The minimum Gasteiger partial charge on any atom is -0.378 e. The van der Waals surface area contributed by atoms with Gasteiger partial charge in [0, 0.05) is 6.54 Å². The lowest BCUT2D eigenvalue weighted by atomic mass is 10.0. The smallest absolute Gasteiger partial charge is 0.253 e. The predicted octanol–water partition coefficient (Wildman–Crippen LogP) is 1.86. The van der Waals surface area contributed by atoms with Crippen molar-refractivity contribution in [2.24, 2.45) is 0 Å². The van der Waals surface area contributed by atoms with E-state index in [4.69, 9.17) is 0 Å². The molecule has 0 aliphatic rings. The van der Waals surface area contributed by atoms with Crippen molar-refractivity contribution in [3.63, 3.8) is 0 Å². The minimum atomic E-state index is -1.06. The zero-order chi connectivity index (χ0) is 12.1. The molecule has 1 rings (SSSR count). The van der Waals surface area contributed by atoms with E-state index in [1.54, 1.807) is 6.07 Å². The van der Waals surface area contributed by atoms with Crippen LogP contribution < -0.4 is 5.32 Å². The van der Waals surface area contributed by atoms with Gasteiger partial charge in [0.15, 0.2) is 6.10 Å². The highest BCUT2D eigenvalue weighted by atomic mass is 16.3. The Morgan fingerprint density at radius 2 is 2.12 bits per heavy atom. The van der Waals surface area contributed by atoms with Crippen LogP contribution in [-0.2, 0) is 4.79 Å². The second-order valence-corrected chi connectivity index (χ2v) is 4.05. The molecule has 0 aliphatic carbocycles. The van der Waals surface area contributed by atoms with Crippen LogP contribution in [0.3, 0.4) is 0 Å². The van der Waals surface area contributed by atoms with Crippen LogP contribution in [0, 0.1) is 13.8 Å². The van der Waals surface area contributed by atoms with Crippen LogP contribution in [0.4, 0.5) is 0 Å². The van der Waals surface area contributed by atoms with Gasteiger partial charge in [-0.2, -0.15) is 0 Å². The summed E-state index contributed by atoms with van der Waals surface area (Å²) in [4.78, 5) is 11.6. The third kappa shape index (κ3) is 3.07. The van der Waals surface area contributed by atoms with E-state index in [1.165, 1.54) is 0 Å². The number of aliphatic hydroxyl groups is 1. The molecular formula is C13H19NO2. The molecule has 1 unspecified atom stereocenters. The highest BCUT2D eigenvalue weighted by Crippen LogP contribution is 2.18. The summed E-state index contributed by atoms with van der Waals surface area (Å²) in [5, 5.41) is 12.6. The van der Waals surface area contributed by atoms with Gasteiger partial charge in [0.2, 0.25) is 0 Å². The van der Waals surface area contributed by atoms with Gasteiger partial charge in [0.1, 0.15) is 0 Å². The van der Waals surface area contributed by atoms with Crippen LogP contribution in [0.1, 0.15) is 36.1 Å². The van der Waals surface area contributed by atoms with Crippen molar-refractivity contribution < 1.29 is 9.90 Å². The fourth-order valence-electron chi connectivity index (χ4n) is 1.62. The third-order valence-corrected chi connectivity index (χ3v) is 2.52. The molecule has 0 bridgehead atoms. The monoisotopic (exact) mass is 221 g/mol. The number of nitrogens with one attached hydrogen (secondary N) is 1. The molecule has 0 fully saturated rings.